The van der Waals surface area contributed by atoms with Crippen molar-refractivity contribution >= 4 is 21.6 Å². The van der Waals surface area contributed by atoms with E-state index in [1.54, 1.807) is 0 Å². The van der Waals surface area contributed by atoms with Crippen LogP contribution >= 0.6 is 15.9 Å². The first-order chi connectivity index (χ1) is 5.46. The molecule has 0 fully saturated rings. The fourth-order valence-electron chi connectivity index (χ4n) is 0.390. The minimum Gasteiger partial charge on any atom is -0.505 e. The van der Waals surface area contributed by atoms with Gasteiger partial charge >= 0.3 is 0 Å². The molecule has 9 heavy (non-hydrogen) atoms. The lowest BCUT2D eigenvalue weighted by molar-refractivity contribution is 0.474. The van der Waals surface area contributed by atoms with E-state index < -0.39 is 0 Å². The van der Waals surface area contributed by atoms with Crippen LogP contribution in [0.3, 0.4) is 0 Å². The van der Waals surface area contributed by atoms with Gasteiger partial charge in [-0.25, -0.2) is 0 Å². The molecule has 0 amide bonds. The van der Waals surface area contributed by atoms with Gasteiger partial charge in [0.2, 0.25) is 0 Å². The molecule has 0 saturated carbocycles. The van der Waals surface area contributed by atoms with E-state index in [2.05, 4.69) is 15.9 Å². The fraction of sp³-hybridized carbons (Fsp3) is 0. The van der Waals surface area contributed by atoms with Gasteiger partial charge < -0.3 is 10.8 Å². The molecule has 0 aliphatic heterocycles. The summed E-state index contributed by atoms with van der Waals surface area (Å²) >= 11 is 2.89. The van der Waals surface area contributed by atoms with Crippen molar-refractivity contribution in [1.29, 1.82) is 0 Å². The normalized spacial score (nSPS) is 14.1. The Labute approximate surface area is 65.6 Å². The van der Waals surface area contributed by atoms with Crippen molar-refractivity contribution < 1.29 is 9.22 Å². The second-order valence-electron chi connectivity index (χ2n) is 1.45. The van der Waals surface area contributed by atoms with Crippen LogP contribution in [0.25, 0.3) is 0 Å². The Balaban J connectivity index is 3.60. The monoisotopic (exact) mass is 190 g/mol. The number of nitrogen functional groups attached to an aromatic ring is 1. The van der Waals surface area contributed by atoms with Gasteiger partial charge in [0.1, 0.15) is 0 Å². The lowest BCUT2D eigenvalue weighted by Crippen LogP contribution is -1.83. The van der Waals surface area contributed by atoms with Gasteiger partial charge in [-0.15, -0.1) is 0 Å². The van der Waals surface area contributed by atoms with Gasteiger partial charge in [-0.3, -0.25) is 0 Å². The summed E-state index contributed by atoms with van der Waals surface area (Å²) in [5.41, 5.74) is 5.10. The van der Waals surface area contributed by atoms with Gasteiger partial charge in [0.15, 0.2) is 5.75 Å². The third kappa shape index (κ3) is 1.16. The van der Waals surface area contributed by atoms with Crippen molar-refractivity contribution in [1.82, 2.24) is 0 Å². The van der Waals surface area contributed by atoms with E-state index in [1.807, 2.05) is 0 Å². The van der Waals surface area contributed by atoms with E-state index in [-0.39, 0.29) is 34.0 Å². The third-order valence-corrected chi connectivity index (χ3v) is 1.41. The van der Waals surface area contributed by atoms with Crippen LogP contribution in [0.5, 0.6) is 5.75 Å². The van der Waals surface area contributed by atoms with Crippen LogP contribution in [0.1, 0.15) is 4.11 Å². The molecule has 3 N–H and O–H groups in total. The molecule has 0 bridgehead atoms. The molecule has 0 aliphatic rings. The van der Waals surface area contributed by atoms with Gasteiger partial charge in [0, 0.05) is 0 Å². The average Bonchev–Trinajstić information content (AvgIpc) is 2.08. The molecule has 0 atom stereocenters. The number of para-hydroxylation sites is 1. The molecule has 0 aromatic heterocycles. The zero-order chi connectivity index (χ0) is 9.46. The smallest absolute Gasteiger partial charge is 0.152 e. The van der Waals surface area contributed by atoms with Crippen molar-refractivity contribution in [2.45, 2.75) is 0 Å². The standard InChI is InChI=1S/C6H6BrNO/c7-4-2-1-3-5(8)6(4)9/h1-3,9H,8H2/i1D,2D,3D. The molecule has 0 unspecified atom stereocenters. The summed E-state index contributed by atoms with van der Waals surface area (Å²) < 4.78 is 21.7. The Morgan fingerprint density at radius 2 is 2.33 bits per heavy atom. The minimum atomic E-state index is -0.346. The van der Waals surface area contributed by atoms with E-state index in [0.717, 1.165) is 0 Å². The summed E-state index contributed by atoms with van der Waals surface area (Å²) in [6.45, 7) is 0. The second kappa shape index (κ2) is 2.27. The average molecular weight is 191 g/mol. The number of halogens is 1. The Hall–Kier alpha value is -0.700. The maximum absolute atomic E-state index is 9.20. The van der Waals surface area contributed by atoms with Crippen LogP contribution in [0.4, 0.5) is 5.69 Å². The summed E-state index contributed by atoms with van der Waals surface area (Å²) in [7, 11) is 0. The van der Waals surface area contributed by atoms with Crippen LogP contribution in [0.2, 0.25) is 0 Å². The van der Waals surface area contributed by atoms with Crippen LogP contribution in [0.15, 0.2) is 22.6 Å². The number of benzene rings is 1. The number of rotatable bonds is 0. The Morgan fingerprint density at radius 3 is 3.00 bits per heavy atom. The van der Waals surface area contributed by atoms with Crippen LogP contribution in [-0.4, -0.2) is 5.11 Å². The molecular weight excluding hydrogens is 182 g/mol. The van der Waals surface area contributed by atoms with Gasteiger partial charge in [0.05, 0.1) is 14.3 Å². The summed E-state index contributed by atoms with van der Waals surface area (Å²) in [6.07, 6.45) is 0. The summed E-state index contributed by atoms with van der Waals surface area (Å²) in [4.78, 5) is 0. The van der Waals surface area contributed by atoms with Crippen LogP contribution in [0, 0.1) is 0 Å². The Bertz CT molecular complexity index is 237. The van der Waals surface area contributed by atoms with Gasteiger partial charge in [-0.2, -0.15) is 0 Å². The lowest BCUT2D eigenvalue weighted by Gasteiger charge is -1.97. The number of nitrogens with two attached hydrogens (primary N) is 1. The number of phenolic OH excluding ortho intramolecular Hbond substituents is 1. The van der Waals surface area contributed by atoms with Crippen LogP contribution in [-0.2, 0) is 0 Å². The summed E-state index contributed by atoms with van der Waals surface area (Å²) in [6, 6.07) is -0.843. The van der Waals surface area contributed by atoms with Crippen LogP contribution < -0.4 is 5.73 Å². The van der Waals surface area contributed by atoms with Gasteiger partial charge in [-0.1, -0.05) is 6.04 Å². The quantitative estimate of drug-likeness (QED) is 0.484. The zero-order valence-electron chi connectivity index (χ0n) is 7.40. The van der Waals surface area contributed by atoms with E-state index >= 15 is 0 Å². The molecule has 1 aromatic carbocycles. The minimum absolute atomic E-state index is 0.0565. The zero-order valence-corrected chi connectivity index (χ0v) is 5.99. The van der Waals surface area contributed by atoms with Crippen molar-refractivity contribution in [3.8, 4) is 5.75 Å². The van der Waals surface area contributed by atoms with Crippen molar-refractivity contribution in [3.05, 3.63) is 22.6 Å². The highest BCUT2D eigenvalue weighted by Gasteiger charge is 1.97. The number of hydrogen-bond donors (Lipinski definition) is 2. The predicted octanol–water partition coefficient (Wildman–Crippen LogP) is 1.74. The Kier molecular flexibility index (Phi) is 0.873. The van der Waals surface area contributed by atoms with Crippen molar-refractivity contribution in [2.75, 3.05) is 5.73 Å². The molecule has 1 aromatic rings. The molecule has 0 radical (unpaired) electrons. The number of aromatic hydroxyl groups is 1. The number of phenols is 1. The molecule has 0 heterocycles. The second-order valence-corrected chi connectivity index (χ2v) is 2.24. The summed E-state index contributed by atoms with van der Waals surface area (Å²) in [5, 5.41) is 9.20. The topological polar surface area (TPSA) is 46.2 Å². The number of hydrogen-bond acceptors (Lipinski definition) is 2. The molecule has 1 rings (SSSR count). The SMILES string of the molecule is [2H]c1c([2H])c(N)c(O)c(Br)c1[2H]. The predicted molar refractivity (Wildman–Crippen MR) is 40.2 cm³/mol. The molecule has 2 nitrogen and oxygen atoms in total. The van der Waals surface area contributed by atoms with E-state index in [9.17, 15) is 5.11 Å². The number of anilines is 1. The molecular formula is C6H6BrNO. The molecule has 3 heteroatoms. The maximum atomic E-state index is 9.20. The summed E-state index contributed by atoms with van der Waals surface area (Å²) in [5.74, 6) is -0.346. The molecule has 0 aliphatic carbocycles. The highest BCUT2D eigenvalue weighted by Crippen LogP contribution is 2.28. The van der Waals surface area contributed by atoms with Gasteiger partial charge in [-0.05, 0) is 28.0 Å². The highest BCUT2D eigenvalue weighted by molar-refractivity contribution is 9.10. The van der Waals surface area contributed by atoms with E-state index in [1.165, 1.54) is 0 Å². The van der Waals surface area contributed by atoms with E-state index in [0.29, 0.717) is 0 Å². The molecule has 0 saturated heterocycles. The first kappa shape index (κ1) is 3.46. The molecule has 0 spiro atoms. The van der Waals surface area contributed by atoms with E-state index in [4.69, 9.17) is 9.85 Å². The van der Waals surface area contributed by atoms with Crippen molar-refractivity contribution in [3.63, 3.8) is 0 Å². The molecule has 48 valence electrons. The first-order valence-corrected chi connectivity index (χ1v) is 2.99. The third-order valence-electron chi connectivity index (χ3n) is 0.832. The van der Waals surface area contributed by atoms with Crippen molar-refractivity contribution in [2.24, 2.45) is 0 Å². The maximum Gasteiger partial charge on any atom is 0.152 e. The fourth-order valence-corrected chi connectivity index (χ4v) is 0.703. The first-order valence-electron chi connectivity index (χ1n) is 3.70. The largest absolute Gasteiger partial charge is 0.505 e. The van der Waals surface area contributed by atoms with Gasteiger partial charge in [0.25, 0.3) is 0 Å². The highest BCUT2D eigenvalue weighted by atomic mass is 79.9. The Morgan fingerprint density at radius 1 is 1.67 bits per heavy atom. The lowest BCUT2D eigenvalue weighted by atomic mass is 10.3.